The molecule has 0 spiro atoms. The molecule has 1 amide bonds. The van der Waals surface area contributed by atoms with Crippen LogP contribution in [-0.4, -0.2) is 30.6 Å². The number of aromatic nitrogens is 1. The van der Waals surface area contributed by atoms with Gasteiger partial charge in [-0.25, -0.2) is 14.2 Å². The molecule has 0 fully saturated rings. The maximum atomic E-state index is 13.9. The van der Waals surface area contributed by atoms with E-state index in [1.54, 1.807) is 0 Å². The summed E-state index contributed by atoms with van der Waals surface area (Å²) in [5, 5.41) is 3.01. The van der Waals surface area contributed by atoms with Crippen LogP contribution in [0, 0.1) is 19.7 Å². The van der Waals surface area contributed by atoms with Gasteiger partial charge in [-0.05, 0) is 43.2 Å². The summed E-state index contributed by atoms with van der Waals surface area (Å²) < 4.78 is 24.6. The van der Waals surface area contributed by atoms with Crippen molar-refractivity contribution in [2.24, 2.45) is 0 Å². The van der Waals surface area contributed by atoms with E-state index in [9.17, 15) is 14.0 Å². The van der Waals surface area contributed by atoms with E-state index >= 15 is 0 Å². The van der Waals surface area contributed by atoms with Crippen LogP contribution in [0.15, 0.2) is 30.3 Å². The molecule has 0 aliphatic heterocycles. The topological polar surface area (TPSA) is 77.5 Å². The Hall–Kier alpha value is -3.00. The maximum absolute atomic E-state index is 13.9. The summed E-state index contributed by atoms with van der Waals surface area (Å²) in [6, 6.07) is 7.75. The van der Waals surface area contributed by atoms with E-state index in [1.807, 2.05) is 26.0 Å². The van der Waals surface area contributed by atoms with Crippen LogP contribution in [0.2, 0.25) is 0 Å². The van der Waals surface area contributed by atoms with Gasteiger partial charge in [-0.15, -0.1) is 0 Å². The number of esters is 1. The first-order valence-electron chi connectivity index (χ1n) is 8.05. The number of ether oxygens (including phenoxy) is 2. The van der Waals surface area contributed by atoms with Crippen LogP contribution >= 0.6 is 11.3 Å². The zero-order chi connectivity index (χ0) is 19.6. The van der Waals surface area contributed by atoms with Crippen molar-refractivity contribution in [2.75, 3.05) is 19.0 Å². The van der Waals surface area contributed by atoms with Crippen LogP contribution in [-0.2, 0) is 9.53 Å². The fourth-order valence-electron chi connectivity index (χ4n) is 2.58. The van der Waals surface area contributed by atoms with Gasteiger partial charge < -0.3 is 9.47 Å². The predicted molar refractivity (Wildman–Crippen MR) is 101 cm³/mol. The number of carbonyl (C=O) groups excluding carboxylic acids is 2. The Bertz CT molecular complexity index is 1030. The van der Waals surface area contributed by atoms with Gasteiger partial charge in [0.2, 0.25) is 0 Å². The van der Waals surface area contributed by atoms with Crippen molar-refractivity contribution < 1.29 is 23.5 Å². The minimum Gasteiger partial charge on any atom is -0.497 e. The lowest BCUT2D eigenvalue weighted by Gasteiger charge is -2.06. The largest absolute Gasteiger partial charge is 0.497 e. The lowest BCUT2D eigenvalue weighted by atomic mass is 10.1. The molecule has 1 N–H and O–H groups in total. The molecule has 1 aromatic heterocycles. The standard InChI is InChI=1S/C19H17FN2O4S/c1-10-6-11(2)17-15(7-10)27-19(22-17)21-16(23)9-26-18(24)13-5-4-12(25-3)8-14(13)20/h4-8H,9H2,1-3H3,(H,21,22,23). The van der Waals surface area contributed by atoms with Crippen molar-refractivity contribution in [3.8, 4) is 5.75 Å². The quantitative estimate of drug-likeness (QED) is 0.672. The van der Waals surface area contributed by atoms with Gasteiger partial charge >= 0.3 is 5.97 Å². The monoisotopic (exact) mass is 388 g/mol. The highest BCUT2D eigenvalue weighted by Gasteiger charge is 2.16. The van der Waals surface area contributed by atoms with Gasteiger partial charge in [0.05, 0.1) is 22.9 Å². The maximum Gasteiger partial charge on any atom is 0.341 e. The highest BCUT2D eigenvalue weighted by molar-refractivity contribution is 7.22. The smallest absolute Gasteiger partial charge is 0.341 e. The first-order valence-corrected chi connectivity index (χ1v) is 8.87. The summed E-state index contributed by atoms with van der Waals surface area (Å²) in [5.74, 6) is -1.98. The fraction of sp³-hybridized carbons (Fsp3) is 0.211. The number of aryl methyl sites for hydroxylation is 2. The van der Waals surface area contributed by atoms with Gasteiger partial charge in [0, 0.05) is 6.07 Å². The molecule has 0 aliphatic carbocycles. The summed E-state index contributed by atoms with van der Waals surface area (Å²) in [6.07, 6.45) is 0. The summed E-state index contributed by atoms with van der Waals surface area (Å²) in [5.41, 5.74) is 2.67. The summed E-state index contributed by atoms with van der Waals surface area (Å²) >= 11 is 1.33. The predicted octanol–water partition coefficient (Wildman–Crippen LogP) is 3.86. The lowest BCUT2D eigenvalue weighted by Crippen LogP contribution is -2.21. The van der Waals surface area contributed by atoms with Crippen molar-refractivity contribution >= 4 is 38.6 Å². The van der Waals surface area contributed by atoms with Crippen molar-refractivity contribution in [1.82, 2.24) is 4.98 Å². The Morgan fingerprint density at radius 3 is 2.70 bits per heavy atom. The molecule has 0 atom stereocenters. The third kappa shape index (κ3) is 4.22. The van der Waals surface area contributed by atoms with Gasteiger partial charge in [0.25, 0.3) is 5.91 Å². The molecule has 1 heterocycles. The number of anilines is 1. The van der Waals surface area contributed by atoms with Gasteiger partial charge in [0.1, 0.15) is 11.6 Å². The highest BCUT2D eigenvalue weighted by Crippen LogP contribution is 2.29. The summed E-state index contributed by atoms with van der Waals surface area (Å²) in [7, 11) is 1.39. The molecule has 2 aromatic carbocycles. The molecule has 3 aromatic rings. The lowest BCUT2D eigenvalue weighted by molar-refractivity contribution is -0.119. The van der Waals surface area contributed by atoms with Crippen LogP contribution in [0.1, 0.15) is 21.5 Å². The van der Waals surface area contributed by atoms with Crippen LogP contribution < -0.4 is 10.1 Å². The second-order valence-corrected chi connectivity index (χ2v) is 6.95. The number of amides is 1. The van der Waals surface area contributed by atoms with E-state index in [2.05, 4.69) is 10.3 Å². The minimum atomic E-state index is -0.930. The first kappa shape index (κ1) is 18.8. The normalized spacial score (nSPS) is 10.7. The number of rotatable bonds is 5. The third-order valence-electron chi connectivity index (χ3n) is 3.81. The number of carbonyl (C=O) groups is 2. The van der Waals surface area contributed by atoms with E-state index in [1.165, 1.54) is 30.6 Å². The molecule has 27 heavy (non-hydrogen) atoms. The number of benzene rings is 2. The Kier molecular flexibility index (Phi) is 5.36. The van der Waals surface area contributed by atoms with Crippen LogP contribution in [0.4, 0.5) is 9.52 Å². The van der Waals surface area contributed by atoms with E-state index in [-0.39, 0.29) is 11.3 Å². The molecule has 0 bridgehead atoms. The number of methoxy groups -OCH3 is 1. The van der Waals surface area contributed by atoms with Crippen molar-refractivity contribution in [2.45, 2.75) is 13.8 Å². The zero-order valence-electron chi connectivity index (χ0n) is 15.0. The van der Waals surface area contributed by atoms with E-state index < -0.39 is 24.3 Å². The number of hydrogen-bond acceptors (Lipinski definition) is 6. The molecule has 0 aliphatic rings. The fourth-order valence-corrected chi connectivity index (χ4v) is 3.63. The van der Waals surface area contributed by atoms with Crippen LogP contribution in [0.25, 0.3) is 10.2 Å². The Morgan fingerprint density at radius 1 is 1.22 bits per heavy atom. The SMILES string of the molecule is COc1ccc(C(=O)OCC(=O)Nc2nc3c(C)cc(C)cc3s2)c(F)c1. The van der Waals surface area contributed by atoms with Crippen LogP contribution in [0.3, 0.4) is 0 Å². The second kappa shape index (κ2) is 7.71. The molecule has 140 valence electrons. The minimum absolute atomic E-state index is 0.269. The average Bonchev–Trinajstić information content (AvgIpc) is 3.02. The van der Waals surface area contributed by atoms with Gasteiger partial charge in [-0.1, -0.05) is 17.4 Å². The van der Waals surface area contributed by atoms with E-state index in [0.29, 0.717) is 5.13 Å². The summed E-state index contributed by atoms with van der Waals surface area (Å²) in [4.78, 5) is 28.4. The number of halogens is 1. The molecule has 0 radical (unpaired) electrons. The van der Waals surface area contributed by atoms with Gasteiger partial charge in [-0.3, -0.25) is 10.1 Å². The zero-order valence-corrected chi connectivity index (χ0v) is 15.8. The molecule has 6 nitrogen and oxygen atoms in total. The highest BCUT2D eigenvalue weighted by atomic mass is 32.1. The Labute approximate surface area is 158 Å². The molecular formula is C19H17FN2O4S. The molecule has 8 heteroatoms. The molecule has 0 saturated carbocycles. The van der Waals surface area contributed by atoms with Crippen molar-refractivity contribution in [1.29, 1.82) is 0 Å². The molecule has 0 saturated heterocycles. The molecule has 0 unspecified atom stereocenters. The third-order valence-corrected chi connectivity index (χ3v) is 4.72. The van der Waals surface area contributed by atoms with Crippen molar-refractivity contribution in [3.05, 3.63) is 52.8 Å². The average molecular weight is 388 g/mol. The first-order chi connectivity index (χ1) is 12.9. The van der Waals surface area contributed by atoms with Crippen LogP contribution in [0.5, 0.6) is 5.75 Å². The van der Waals surface area contributed by atoms with Gasteiger partial charge in [0.15, 0.2) is 11.7 Å². The summed E-state index contributed by atoms with van der Waals surface area (Å²) in [6.45, 7) is 3.40. The number of hydrogen-bond donors (Lipinski definition) is 1. The van der Waals surface area contributed by atoms with Gasteiger partial charge in [-0.2, -0.15) is 0 Å². The second-order valence-electron chi connectivity index (χ2n) is 5.92. The Morgan fingerprint density at radius 2 is 2.00 bits per heavy atom. The number of nitrogens with zero attached hydrogens (tertiary/aromatic N) is 1. The number of nitrogens with one attached hydrogen (secondary N) is 1. The molecular weight excluding hydrogens is 371 g/mol. The Balaban J connectivity index is 1.63. The van der Waals surface area contributed by atoms with E-state index in [0.717, 1.165) is 27.4 Å². The number of thiazole rings is 1. The number of fused-ring (bicyclic) bond motifs is 1. The van der Waals surface area contributed by atoms with E-state index in [4.69, 9.17) is 9.47 Å². The van der Waals surface area contributed by atoms with Crippen molar-refractivity contribution in [3.63, 3.8) is 0 Å². The molecule has 3 rings (SSSR count).